The quantitative estimate of drug-likeness (QED) is 0.713. The molecule has 6 nitrogen and oxygen atoms in total. The summed E-state index contributed by atoms with van der Waals surface area (Å²) in [5.74, 6) is 2.15. The molecule has 1 aliphatic rings. The van der Waals surface area contributed by atoms with Crippen molar-refractivity contribution in [3.05, 3.63) is 36.7 Å². The summed E-state index contributed by atoms with van der Waals surface area (Å²) < 4.78 is 7.62. The van der Waals surface area contributed by atoms with E-state index in [1.54, 1.807) is 6.20 Å². The van der Waals surface area contributed by atoms with Gasteiger partial charge in [0.15, 0.2) is 11.6 Å². The van der Waals surface area contributed by atoms with Crippen molar-refractivity contribution in [1.29, 1.82) is 0 Å². The van der Waals surface area contributed by atoms with Crippen LogP contribution in [-0.2, 0) is 0 Å². The second kappa shape index (κ2) is 3.94. The van der Waals surface area contributed by atoms with E-state index in [9.17, 15) is 0 Å². The molecule has 0 saturated heterocycles. The first-order chi connectivity index (χ1) is 9.43. The second-order valence-corrected chi connectivity index (χ2v) is 4.27. The van der Waals surface area contributed by atoms with Gasteiger partial charge in [0.2, 0.25) is 0 Å². The van der Waals surface area contributed by atoms with Gasteiger partial charge in [-0.15, -0.1) is 10.2 Å². The average molecular weight is 253 g/mol. The Morgan fingerprint density at radius 2 is 2.21 bits per heavy atom. The number of rotatable bonds is 1. The van der Waals surface area contributed by atoms with Gasteiger partial charge in [-0.2, -0.15) is 0 Å². The van der Waals surface area contributed by atoms with Crippen LogP contribution in [0.15, 0.2) is 36.7 Å². The number of nitrogens with one attached hydrogen (secondary N) is 1. The van der Waals surface area contributed by atoms with E-state index in [2.05, 4.69) is 20.5 Å². The highest BCUT2D eigenvalue weighted by molar-refractivity contribution is 5.76. The Labute approximate surface area is 109 Å². The summed E-state index contributed by atoms with van der Waals surface area (Å²) in [5, 5.41) is 11.6. The minimum absolute atomic E-state index is 0.582. The van der Waals surface area contributed by atoms with Crippen molar-refractivity contribution in [1.82, 2.24) is 19.6 Å². The van der Waals surface area contributed by atoms with Crippen LogP contribution in [0.2, 0.25) is 0 Å². The highest BCUT2D eigenvalue weighted by atomic mass is 16.5. The molecule has 2 aromatic heterocycles. The molecule has 0 aliphatic carbocycles. The van der Waals surface area contributed by atoms with Crippen molar-refractivity contribution in [2.45, 2.75) is 0 Å². The van der Waals surface area contributed by atoms with Gasteiger partial charge in [0.05, 0.1) is 11.3 Å². The fourth-order valence-electron chi connectivity index (χ4n) is 2.27. The normalized spacial score (nSPS) is 13.7. The molecular weight excluding hydrogens is 242 g/mol. The molecule has 0 spiro atoms. The minimum atomic E-state index is 0.582. The first-order valence-corrected chi connectivity index (χ1v) is 6.09. The minimum Gasteiger partial charge on any atom is -0.489 e. The van der Waals surface area contributed by atoms with Gasteiger partial charge in [0, 0.05) is 18.9 Å². The number of para-hydroxylation sites is 1. The maximum atomic E-state index is 5.76. The van der Waals surface area contributed by atoms with E-state index >= 15 is 0 Å². The smallest absolute Gasteiger partial charge is 0.255 e. The molecule has 0 radical (unpaired) electrons. The molecule has 6 heteroatoms. The second-order valence-electron chi connectivity index (χ2n) is 4.27. The predicted molar refractivity (Wildman–Crippen MR) is 70.2 cm³/mol. The highest BCUT2D eigenvalue weighted by Gasteiger charge is 2.18. The number of hydrogen-bond donors (Lipinski definition) is 1. The van der Waals surface area contributed by atoms with E-state index in [-0.39, 0.29) is 0 Å². The van der Waals surface area contributed by atoms with Gasteiger partial charge in [0.25, 0.3) is 5.78 Å². The van der Waals surface area contributed by atoms with Crippen molar-refractivity contribution in [3.8, 4) is 17.1 Å². The zero-order valence-corrected chi connectivity index (χ0v) is 10.1. The molecule has 19 heavy (non-hydrogen) atoms. The summed E-state index contributed by atoms with van der Waals surface area (Å²) in [6, 6.07) is 7.82. The highest BCUT2D eigenvalue weighted by Crippen LogP contribution is 2.37. The molecule has 0 bridgehead atoms. The summed E-state index contributed by atoms with van der Waals surface area (Å²) in [6.07, 6.45) is 3.60. The maximum absolute atomic E-state index is 5.76. The first kappa shape index (κ1) is 10.3. The number of aromatic nitrogens is 4. The number of anilines is 1. The van der Waals surface area contributed by atoms with Gasteiger partial charge in [-0.25, -0.2) is 4.98 Å². The molecule has 1 aromatic carbocycles. The molecular formula is C13H11N5O. The van der Waals surface area contributed by atoms with Crippen molar-refractivity contribution in [3.63, 3.8) is 0 Å². The Balaban J connectivity index is 1.97. The monoisotopic (exact) mass is 253 g/mol. The summed E-state index contributed by atoms with van der Waals surface area (Å²) >= 11 is 0. The van der Waals surface area contributed by atoms with Gasteiger partial charge < -0.3 is 10.1 Å². The van der Waals surface area contributed by atoms with Crippen molar-refractivity contribution < 1.29 is 4.74 Å². The molecule has 1 N–H and O–H groups in total. The summed E-state index contributed by atoms with van der Waals surface area (Å²) in [4.78, 5) is 4.17. The van der Waals surface area contributed by atoms with E-state index in [1.165, 1.54) is 0 Å². The van der Waals surface area contributed by atoms with E-state index in [0.717, 1.165) is 29.4 Å². The standard InChI is InChI=1S/C13H11N5O/c1-3-9(11-10(4-1)14-6-8-19-11)12-16-17-13-15-5-2-7-18(12)13/h1-5,7,14H,6,8H2. The lowest BCUT2D eigenvalue weighted by Gasteiger charge is -2.21. The summed E-state index contributed by atoms with van der Waals surface area (Å²) in [7, 11) is 0. The van der Waals surface area contributed by atoms with E-state index < -0.39 is 0 Å². The van der Waals surface area contributed by atoms with Crippen LogP contribution in [0.1, 0.15) is 0 Å². The van der Waals surface area contributed by atoms with Crippen LogP contribution in [0.5, 0.6) is 5.75 Å². The molecule has 4 rings (SSSR count). The van der Waals surface area contributed by atoms with Crippen molar-refractivity contribution >= 4 is 11.5 Å². The molecule has 0 saturated carbocycles. The third-order valence-electron chi connectivity index (χ3n) is 3.11. The summed E-state index contributed by atoms with van der Waals surface area (Å²) in [5.41, 5.74) is 1.91. The topological polar surface area (TPSA) is 64.3 Å². The maximum Gasteiger partial charge on any atom is 0.255 e. The lowest BCUT2D eigenvalue weighted by molar-refractivity contribution is 0.324. The zero-order valence-electron chi connectivity index (χ0n) is 10.1. The van der Waals surface area contributed by atoms with E-state index in [1.807, 2.05) is 34.9 Å². The van der Waals surface area contributed by atoms with Crippen LogP contribution in [0.4, 0.5) is 5.69 Å². The molecule has 3 heterocycles. The van der Waals surface area contributed by atoms with Gasteiger partial charge in [-0.1, -0.05) is 6.07 Å². The van der Waals surface area contributed by atoms with E-state index in [4.69, 9.17) is 4.74 Å². The van der Waals surface area contributed by atoms with Crippen LogP contribution in [0, 0.1) is 0 Å². The van der Waals surface area contributed by atoms with Crippen molar-refractivity contribution in [2.24, 2.45) is 0 Å². The van der Waals surface area contributed by atoms with Gasteiger partial charge in [-0.05, 0) is 18.2 Å². The number of nitrogens with zero attached hydrogens (tertiary/aromatic N) is 4. The van der Waals surface area contributed by atoms with Crippen LogP contribution in [-0.4, -0.2) is 32.7 Å². The molecule has 1 aliphatic heterocycles. The molecule has 0 amide bonds. The summed E-state index contributed by atoms with van der Waals surface area (Å²) in [6.45, 7) is 1.47. The van der Waals surface area contributed by atoms with Crippen LogP contribution in [0.25, 0.3) is 17.2 Å². The lowest BCUT2D eigenvalue weighted by Crippen LogP contribution is -2.18. The molecule has 94 valence electrons. The number of fused-ring (bicyclic) bond motifs is 2. The van der Waals surface area contributed by atoms with Gasteiger partial charge in [-0.3, -0.25) is 4.40 Å². The Hall–Kier alpha value is -2.63. The Morgan fingerprint density at radius 3 is 3.21 bits per heavy atom. The van der Waals surface area contributed by atoms with E-state index in [0.29, 0.717) is 12.4 Å². The lowest BCUT2D eigenvalue weighted by atomic mass is 10.1. The predicted octanol–water partition coefficient (Wildman–Crippen LogP) is 1.60. The van der Waals surface area contributed by atoms with Crippen LogP contribution < -0.4 is 10.1 Å². The third-order valence-corrected chi connectivity index (χ3v) is 3.11. The molecule has 0 unspecified atom stereocenters. The fourth-order valence-corrected chi connectivity index (χ4v) is 2.27. The Bertz CT molecular complexity index is 752. The molecule has 3 aromatic rings. The Morgan fingerprint density at radius 1 is 1.21 bits per heavy atom. The fraction of sp³-hybridized carbons (Fsp3) is 0.154. The zero-order chi connectivity index (χ0) is 12.7. The SMILES string of the molecule is c1cc2c(c(-c3nnc4ncccn34)c1)OCCN2. The van der Waals surface area contributed by atoms with Crippen molar-refractivity contribution in [2.75, 3.05) is 18.5 Å². The third kappa shape index (κ3) is 1.53. The molecule has 0 fully saturated rings. The Kier molecular flexibility index (Phi) is 2.14. The number of ether oxygens (including phenoxy) is 1. The average Bonchev–Trinajstić information content (AvgIpc) is 2.90. The van der Waals surface area contributed by atoms with Gasteiger partial charge >= 0.3 is 0 Å². The first-order valence-electron chi connectivity index (χ1n) is 6.09. The van der Waals surface area contributed by atoms with Crippen LogP contribution in [0.3, 0.4) is 0 Å². The van der Waals surface area contributed by atoms with Gasteiger partial charge in [0.1, 0.15) is 6.61 Å². The number of benzene rings is 1. The number of hydrogen-bond acceptors (Lipinski definition) is 5. The largest absolute Gasteiger partial charge is 0.489 e. The molecule has 0 atom stereocenters. The van der Waals surface area contributed by atoms with Crippen LogP contribution >= 0.6 is 0 Å².